The average molecular weight is 289 g/mol. The summed E-state index contributed by atoms with van der Waals surface area (Å²) < 4.78 is 0. The van der Waals surface area contributed by atoms with Gasteiger partial charge in [-0.25, -0.2) is 9.78 Å². The van der Waals surface area contributed by atoms with Gasteiger partial charge in [0.15, 0.2) is 0 Å². The van der Waals surface area contributed by atoms with Crippen LogP contribution in [0.4, 0.5) is 5.82 Å². The Hall–Kier alpha value is -0.940. The fourth-order valence-electron chi connectivity index (χ4n) is 1.49. The normalized spacial score (nSPS) is 10.3. The van der Waals surface area contributed by atoms with Crippen LogP contribution in [0.2, 0.25) is 5.02 Å². The molecule has 4 nitrogen and oxygen atoms in total. The molecular weight excluding hydrogens is 272 g/mol. The molecule has 0 amide bonds. The van der Waals surface area contributed by atoms with Crippen LogP contribution in [-0.4, -0.2) is 34.6 Å². The van der Waals surface area contributed by atoms with E-state index in [9.17, 15) is 4.79 Å². The number of carboxylic acids is 1. The minimum absolute atomic E-state index is 0.0801. The smallest absolute Gasteiger partial charge is 0.337 e. The predicted octanol–water partition coefficient (Wildman–Crippen LogP) is 3.38. The van der Waals surface area contributed by atoms with Crippen LogP contribution in [0, 0.1) is 0 Å². The van der Waals surface area contributed by atoms with Crippen molar-refractivity contribution in [3.05, 3.63) is 22.8 Å². The highest BCUT2D eigenvalue weighted by atomic mass is 35.5. The van der Waals surface area contributed by atoms with E-state index < -0.39 is 5.97 Å². The molecule has 0 radical (unpaired) electrons. The molecule has 1 rings (SSSR count). The Balaban J connectivity index is 2.43. The lowest BCUT2D eigenvalue weighted by molar-refractivity contribution is 0.0697. The first-order chi connectivity index (χ1) is 8.66. The van der Waals surface area contributed by atoms with Crippen molar-refractivity contribution in [1.29, 1.82) is 0 Å². The number of nitrogens with one attached hydrogen (secondary N) is 1. The fourth-order valence-corrected chi connectivity index (χ4v) is 2.24. The largest absolute Gasteiger partial charge is 0.478 e. The van der Waals surface area contributed by atoms with Crippen LogP contribution in [-0.2, 0) is 0 Å². The maximum absolute atomic E-state index is 10.9. The molecule has 0 spiro atoms. The zero-order chi connectivity index (χ0) is 13.4. The molecule has 0 unspecified atom stereocenters. The topological polar surface area (TPSA) is 62.2 Å². The number of anilines is 1. The van der Waals surface area contributed by atoms with Crippen LogP contribution in [0.15, 0.2) is 12.3 Å². The van der Waals surface area contributed by atoms with Crippen molar-refractivity contribution >= 4 is 35.1 Å². The van der Waals surface area contributed by atoms with Crippen LogP contribution in [0.1, 0.15) is 29.6 Å². The summed E-state index contributed by atoms with van der Waals surface area (Å²) in [7, 11) is 0. The quantitative estimate of drug-likeness (QED) is 0.718. The zero-order valence-corrected chi connectivity index (χ0v) is 11.9. The Morgan fingerprint density at radius 1 is 1.50 bits per heavy atom. The Morgan fingerprint density at radius 3 is 2.94 bits per heavy atom. The van der Waals surface area contributed by atoms with Crippen molar-refractivity contribution in [2.45, 2.75) is 19.3 Å². The van der Waals surface area contributed by atoms with E-state index in [4.69, 9.17) is 16.7 Å². The number of thioether (sulfide) groups is 1. The minimum Gasteiger partial charge on any atom is -0.478 e. The molecule has 0 aliphatic heterocycles. The number of rotatable bonds is 8. The molecule has 1 aromatic heterocycles. The third-order valence-electron chi connectivity index (χ3n) is 2.44. The summed E-state index contributed by atoms with van der Waals surface area (Å²) in [6.07, 6.45) is 6.91. The lowest BCUT2D eigenvalue weighted by Crippen LogP contribution is -2.07. The number of carbonyl (C=O) groups is 1. The third kappa shape index (κ3) is 4.74. The van der Waals surface area contributed by atoms with E-state index in [0.717, 1.165) is 19.4 Å². The number of unbranched alkanes of at least 4 members (excludes halogenated alkanes) is 2. The van der Waals surface area contributed by atoms with E-state index in [2.05, 4.69) is 16.6 Å². The summed E-state index contributed by atoms with van der Waals surface area (Å²) in [4.78, 5) is 14.9. The number of carboxylic acid groups (broad SMARTS) is 1. The molecular formula is C12H17ClN2O2S. The van der Waals surface area contributed by atoms with Crippen LogP contribution < -0.4 is 5.32 Å². The van der Waals surface area contributed by atoms with Crippen molar-refractivity contribution in [1.82, 2.24) is 4.98 Å². The summed E-state index contributed by atoms with van der Waals surface area (Å²) in [6, 6.07) is 1.40. The van der Waals surface area contributed by atoms with Gasteiger partial charge in [0.25, 0.3) is 0 Å². The summed E-state index contributed by atoms with van der Waals surface area (Å²) in [6.45, 7) is 0.754. The average Bonchev–Trinajstić information content (AvgIpc) is 2.35. The minimum atomic E-state index is -1.04. The van der Waals surface area contributed by atoms with E-state index >= 15 is 0 Å². The van der Waals surface area contributed by atoms with Crippen LogP contribution in [0.3, 0.4) is 0 Å². The molecule has 0 atom stereocenters. The molecule has 0 aromatic carbocycles. The SMILES string of the molecule is CSCCCCCNc1nccc(C(=O)O)c1Cl. The monoisotopic (exact) mass is 288 g/mol. The number of aromatic nitrogens is 1. The number of hydrogen-bond acceptors (Lipinski definition) is 4. The summed E-state index contributed by atoms with van der Waals surface area (Å²) in [5, 5.41) is 12.2. The van der Waals surface area contributed by atoms with Gasteiger partial charge in [-0.1, -0.05) is 18.0 Å². The molecule has 1 aromatic rings. The highest BCUT2D eigenvalue weighted by molar-refractivity contribution is 7.98. The van der Waals surface area contributed by atoms with Gasteiger partial charge >= 0.3 is 5.97 Å². The third-order valence-corrected chi connectivity index (χ3v) is 3.52. The molecule has 1 heterocycles. The van der Waals surface area contributed by atoms with Crippen LogP contribution >= 0.6 is 23.4 Å². The van der Waals surface area contributed by atoms with Gasteiger partial charge in [-0.05, 0) is 30.9 Å². The second kappa shape index (κ2) is 8.21. The van der Waals surface area contributed by atoms with Gasteiger partial charge in [-0.3, -0.25) is 0 Å². The van der Waals surface area contributed by atoms with Gasteiger partial charge in [0, 0.05) is 12.7 Å². The Morgan fingerprint density at radius 2 is 2.28 bits per heavy atom. The Labute approximate surface area is 116 Å². The van der Waals surface area contributed by atoms with Gasteiger partial charge in [0.05, 0.1) is 10.6 Å². The lowest BCUT2D eigenvalue weighted by Gasteiger charge is -2.08. The van der Waals surface area contributed by atoms with E-state index in [0.29, 0.717) is 5.82 Å². The van der Waals surface area contributed by atoms with Gasteiger partial charge < -0.3 is 10.4 Å². The van der Waals surface area contributed by atoms with Gasteiger partial charge in [0.2, 0.25) is 0 Å². The first-order valence-corrected chi connectivity index (χ1v) is 7.54. The Kier molecular flexibility index (Phi) is 6.90. The highest BCUT2D eigenvalue weighted by Crippen LogP contribution is 2.23. The summed E-state index contributed by atoms with van der Waals surface area (Å²) in [5.41, 5.74) is 0.0801. The van der Waals surface area contributed by atoms with E-state index in [1.54, 1.807) is 0 Å². The van der Waals surface area contributed by atoms with Gasteiger partial charge in [-0.15, -0.1) is 0 Å². The predicted molar refractivity (Wildman–Crippen MR) is 76.9 cm³/mol. The molecule has 0 fully saturated rings. The van der Waals surface area contributed by atoms with E-state index in [1.807, 2.05) is 11.8 Å². The second-order valence-electron chi connectivity index (χ2n) is 3.81. The van der Waals surface area contributed by atoms with Gasteiger partial charge in [-0.2, -0.15) is 11.8 Å². The van der Waals surface area contributed by atoms with Crippen molar-refractivity contribution in [3.63, 3.8) is 0 Å². The number of nitrogens with zero attached hydrogens (tertiary/aromatic N) is 1. The lowest BCUT2D eigenvalue weighted by atomic mass is 10.2. The summed E-state index contributed by atoms with van der Waals surface area (Å²) >= 11 is 7.80. The van der Waals surface area contributed by atoms with Crippen LogP contribution in [0.25, 0.3) is 0 Å². The number of aromatic carboxylic acids is 1. The zero-order valence-electron chi connectivity index (χ0n) is 10.3. The molecule has 0 bridgehead atoms. The molecule has 0 saturated carbocycles. The van der Waals surface area contributed by atoms with E-state index in [1.165, 1.54) is 24.4 Å². The molecule has 0 aliphatic carbocycles. The van der Waals surface area contributed by atoms with Crippen molar-refractivity contribution in [3.8, 4) is 0 Å². The Bertz CT molecular complexity index is 402. The van der Waals surface area contributed by atoms with E-state index in [-0.39, 0.29) is 10.6 Å². The van der Waals surface area contributed by atoms with Gasteiger partial charge in [0.1, 0.15) is 5.82 Å². The fraction of sp³-hybridized carbons (Fsp3) is 0.500. The first-order valence-electron chi connectivity index (χ1n) is 5.77. The molecule has 100 valence electrons. The molecule has 6 heteroatoms. The van der Waals surface area contributed by atoms with Crippen molar-refractivity contribution in [2.24, 2.45) is 0 Å². The number of halogens is 1. The highest BCUT2D eigenvalue weighted by Gasteiger charge is 2.12. The first kappa shape index (κ1) is 15.1. The van der Waals surface area contributed by atoms with Crippen molar-refractivity contribution in [2.75, 3.05) is 23.9 Å². The number of pyridine rings is 1. The maximum Gasteiger partial charge on any atom is 0.337 e. The van der Waals surface area contributed by atoms with Crippen molar-refractivity contribution < 1.29 is 9.90 Å². The molecule has 0 aliphatic rings. The van der Waals surface area contributed by atoms with Crippen LogP contribution in [0.5, 0.6) is 0 Å². The maximum atomic E-state index is 10.9. The second-order valence-corrected chi connectivity index (χ2v) is 5.17. The standard InChI is InChI=1S/C12H17ClN2O2S/c1-18-8-4-2-3-6-14-11-10(13)9(12(16)17)5-7-15-11/h5,7H,2-4,6,8H2,1H3,(H,14,15)(H,16,17). The molecule has 0 saturated heterocycles. The number of hydrogen-bond donors (Lipinski definition) is 2. The summed E-state index contributed by atoms with van der Waals surface area (Å²) in [5.74, 6) is 0.583. The molecule has 18 heavy (non-hydrogen) atoms. The molecule has 2 N–H and O–H groups in total.